The predicted molar refractivity (Wildman–Crippen MR) is 108 cm³/mol. The van der Waals surface area contributed by atoms with E-state index in [0.29, 0.717) is 18.8 Å². The molecule has 0 radical (unpaired) electrons. The molecule has 6 heteroatoms. The molecule has 1 N–H and O–H groups in total. The minimum absolute atomic E-state index is 0.0709. The van der Waals surface area contributed by atoms with Crippen molar-refractivity contribution in [3.8, 4) is 0 Å². The number of furan rings is 1. The monoisotopic (exact) mass is 375 g/mol. The van der Waals surface area contributed by atoms with Gasteiger partial charge in [-0.15, -0.1) is 0 Å². The molecule has 1 aliphatic rings. The van der Waals surface area contributed by atoms with Crippen LogP contribution < -0.4 is 5.69 Å². The lowest BCUT2D eigenvalue weighted by molar-refractivity contribution is 0.0664. The molecule has 0 spiro atoms. The van der Waals surface area contributed by atoms with Crippen molar-refractivity contribution in [3.05, 3.63) is 70.3 Å². The molecular formula is C22H21N3O3. The quantitative estimate of drug-likeness (QED) is 0.578. The van der Waals surface area contributed by atoms with Crippen LogP contribution >= 0.6 is 0 Å². The van der Waals surface area contributed by atoms with Crippen LogP contribution in [-0.2, 0) is 0 Å². The van der Waals surface area contributed by atoms with E-state index < -0.39 is 0 Å². The number of piperidine rings is 1. The van der Waals surface area contributed by atoms with E-state index in [1.807, 2.05) is 64.9 Å². The summed E-state index contributed by atoms with van der Waals surface area (Å²) in [6.07, 6.45) is 1.49. The zero-order chi connectivity index (χ0) is 19.3. The topological polar surface area (TPSA) is 71.2 Å². The van der Waals surface area contributed by atoms with Gasteiger partial charge in [0.15, 0.2) is 5.76 Å². The smallest absolute Gasteiger partial charge is 0.326 e. The second-order valence-electron chi connectivity index (χ2n) is 7.39. The molecule has 3 heterocycles. The van der Waals surface area contributed by atoms with Crippen molar-refractivity contribution in [3.63, 3.8) is 0 Å². The lowest BCUT2D eigenvalue weighted by Gasteiger charge is -2.32. The number of amides is 1. The number of rotatable bonds is 2. The molecule has 0 bridgehead atoms. The van der Waals surface area contributed by atoms with Gasteiger partial charge in [0.25, 0.3) is 5.91 Å². The van der Waals surface area contributed by atoms with Gasteiger partial charge in [0, 0.05) is 30.1 Å². The maximum absolute atomic E-state index is 13.0. The van der Waals surface area contributed by atoms with Crippen LogP contribution in [0.25, 0.3) is 22.0 Å². The first-order valence-corrected chi connectivity index (χ1v) is 9.60. The summed E-state index contributed by atoms with van der Waals surface area (Å²) >= 11 is 0. The van der Waals surface area contributed by atoms with E-state index in [1.54, 1.807) is 0 Å². The summed E-state index contributed by atoms with van der Waals surface area (Å²) in [6, 6.07) is 15.5. The number of fused-ring (bicyclic) bond motifs is 2. The van der Waals surface area contributed by atoms with Crippen molar-refractivity contribution >= 4 is 27.9 Å². The number of aryl methyl sites for hydroxylation is 1. The van der Waals surface area contributed by atoms with Crippen LogP contribution in [0.3, 0.4) is 0 Å². The van der Waals surface area contributed by atoms with Crippen LogP contribution in [0, 0.1) is 6.92 Å². The number of hydrogen-bond donors (Lipinski definition) is 1. The highest BCUT2D eigenvalue weighted by atomic mass is 16.3. The summed E-state index contributed by atoms with van der Waals surface area (Å²) in [4.78, 5) is 30.2. The second kappa shape index (κ2) is 6.41. The zero-order valence-electron chi connectivity index (χ0n) is 15.6. The summed E-state index contributed by atoms with van der Waals surface area (Å²) in [7, 11) is 0. The number of benzene rings is 2. The van der Waals surface area contributed by atoms with E-state index in [1.165, 1.54) is 0 Å². The Kier molecular flexibility index (Phi) is 3.86. The van der Waals surface area contributed by atoms with E-state index in [0.717, 1.165) is 40.4 Å². The Morgan fingerprint density at radius 3 is 2.57 bits per heavy atom. The number of para-hydroxylation sites is 3. The molecule has 1 fully saturated rings. The van der Waals surface area contributed by atoms with Gasteiger partial charge < -0.3 is 14.3 Å². The summed E-state index contributed by atoms with van der Waals surface area (Å²) in [5, 5.41) is 0.978. The molecule has 5 rings (SSSR count). The lowest BCUT2D eigenvalue weighted by atomic mass is 10.0. The Balaban J connectivity index is 1.38. The van der Waals surface area contributed by atoms with Crippen LogP contribution in [-0.4, -0.2) is 33.4 Å². The van der Waals surface area contributed by atoms with Crippen LogP contribution in [0.2, 0.25) is 0 Å². The van der Waals surface area contributed by atoms with E-state index in [9.17, 15) is 9.59 Å². The molecule has 2 aromatic carbocycles. The molecule has 142 valence electrons. The van der Waals surface area contributed by atoms with Crippen molar-refractivity contribution in [2.45, 2.75) is 25.8 Å². The van der Waals surface area contributed by atoms with Gasteiger partial charge in [0.05, 0.1) is 11.0 Å². The Morgan fingerprint density at radius 2 is 1.79 bits per heavy atom. The van der Waals surface area contributed by atoms with E-state index in [-0.39, 0.29) is 17.6 Å². The third kappa shape index (κ3) is 2.56. The van der Waals surface area contributed by atoms with Gasteiger partial charge in [-0.1, -0.05) is 30.3 Å². The Labute approximate surface area is 161 Å². The molecule has 1 amide bonds. The van der Waals surface area contributed by atoms with Gasteiger partial charge in [-0.05, 0) is 38.0 Å². The van der Waals surface area contributed by atoms with E-state index in [2.05, 4.69) is 4.98 Å². The third-order valence-corrected chi connectivity index (χ3v) is 5.78. The number of carbonyl (C=O) groups excluding carboxylic acids is 1. The van der Waals surface area contributed by atoms with E-state index in [4.69, 9.17) is 4.42 Å². The van der Waals surface area contributed by atoms with Crippen molar-refractivity contribution in [2.75, 3.05) is 13.1 Å². The number of H-pyrrole nitrogens is 1. The zero-order valence-corrected chi connectivity index (χ0v) is 15.6. The molecule has 28 heavy (non-hydrogen) atoms. The SMILES string of the molecule is Cc1c(C(=O)N2CCC(n3c(=O)[nH]c4ccccc43)CC2)oc2ccccc12. The molecule has 6 nitrogen and oxygen atoms in total. The average Bonchev–Trinajstić information content (AvgIpc) is 3.24. The Bertz CT molecular complexity index is 1240. The average molecular weight is 375 g/mol. The lowest BCUT2D eigenvalue weighted by Crippen LogP contribution is -2.40. The molecule has 0 aliphatic carbocycles. The standard InChI is InChI=1S/C22H21N3O3/c1-14-16-6-2-5-9-19(16)28-20(14)21(26)24-12-10-15(11-13-24)25-18-8-4-3-7-17(18)23-22(25)27/h2-9,15H,10-13H2,1H3,(H,23,27). The maximum Gasteiger partial charge on any atom is 0.326 e. The fraction of sp³-hybridized carbons (Fsp3) is 0.273. The number of hydrogen-bond acceptors (Lipinski definition) is 3. The summed E-state index contributed by atoms with van der Waals surface area (Å²) < 4.78 is 7.68. The van der Waals surface area contributed by atoms with Gasteiger partial charge in [-0.2, -0.15) is 0 Å². The van der Waals surface area contributed by atoms with Crippen LogP contribution in [0.4, 0.5) is 0 Å². The molecule has 1 aliphatic heterocycles. The molecule has 2 aromatic heterocycles. The van der Waals surface area contributed by atoms with Crippen LogP contribution in [0.1, 0.15) is 35.0 Å². The van der Waals surface area contributed by atoms with Gasteiger partial charge in [0.1, 0.15) is 5.58 Å². The number of imidazole rings is 1. The predicted octanol–water partition coefficient (Wildman–Crippen LogP) is 3.86. The number of nitrogens with zero attached hydrogens (tertiary/aromatic N) is 2. The number of likely N-dealkylation sites (tertiary alicyclic amines) is 1. The third-order valence-electron chi connectivity index (χ3n) is 5.78. The molecule has 0 saturated carbocycles. The minimum atomic E-state index is -0.0842. The first-order valence-electron chi connectivity index (χ1n) is 9.60. The summed E-state index contributed by atoms with van der Waals surface area (Å²) in [5.74, 6) is 0.349. The fourth-order valence-corrected chi connectivity index (χ4v) is 4.29. The Hall–Kier alpha value is -3.28. The van der Waals surface area contributed by atoms with Gasteiger partial charge in [0.2, 0.25) is 0 Å². The van der Waals surface area contributed by atoms with Gasteiger partial charge >= 0.3 is 5.69 Å². The summed E-state index contributed by atoms with van der Waals surface area (Å²) in [5.41, 5.74) is 3.31. The Morgan fingerprint density at radius 1 is 1.07 bits per heavy atom. The van der Waals surface area contributed by atoms with Crippen LogP contribution in [0.15, 0.2) is 57.7 Å². The first kappa shape index (κ1) is 16.9. The molecule has 0 unspecified atom stereocenters. The number of aromatic amines is 1. The molecular weight excluding hydrogens is 354 g/mol. The van der Waals surface area contributed by atoms with Crippen LogP contribution in [0.5, 0.6) is 0 Å². The van der Waals surface area contributed by atoms with Crippen molar-refractivity contribution in [2.24, 2.45) is 0 Å². The number of carbonyl (C=O) groups is 1. The van der Waals surface area contributed by atoms with Crippen molar-refractivity contribution < 1.29 is 9.21 Å². The first-order chi connectivity index (χ1) is 13.6. The van der Waals surface area contributed by atoms with Crippen molar-refractivity contribution in [1.82, 2.24) is 14.5 Å². The highest BCUT2D eigenvalue weighted by molar-refractivity contribution is 5.99. The van der Waals surface area contributed by atoms with Gasteiger partial charge in [-0.3, -0.25) is 9.36 Å². The number of aromatic nitrogens is 2. The number of nitrogens with one attached hydrogen (secondary N) is 1. The normalized spacial score (nSPS) is 15.5. The van der Waals surface area contributed by atoms with Gasteiger partial charge in [-0.25, -0.2) is 4.79 Å². The molecule has 1 saturated heterocycles. The highest BCUT2D eigenvalue weighted by Gasteiger charge is 2.29. The van der Waals surface area contributed by atoms with Crippen molar-refractivity contribution in [1.29, 1.82) is 0 Å². The van der Waals surface area contributed by atoms with E-state index >= 15 is 0 Å². The summed E-state index contributed by atoms with van der Waals surface area (Å²) in [6.45, 7) is 3.13. The largest absolute Gasteiger partial charge is 0.451 e. The maximum atomic E-state index is 13.0. The molecule has 4 aromatic rings. The fourth-order valence-electron chi connectivity index (χ4n) is 4.29. The second-order valence-corrected chi connectivity index (χ2v) is 7.39. The molecule has 0 atom stereocenters. The highest BCUT2D eigenvalue weighted by Crippen LogP contribution is 2.29. The minimum Gasteiger partial charge on any atom is -0.451 e.